The number of anilines is 1. The molecule has 0 amide bonds. The summed E-state index contributed by atoms with van der Waals surface area (Å²) in [6.45, 7) is 0.647. The van der Waals surface area contributed by atoms with E-state index in [1.807, 2.05) is 0 Å². The van der Waals surface area contributed by atoms with Crippen LogP contribution in [0, 0.1) is 0 Å². The largest absolute Gasteiger partial charge is 0.421 e. The lowest BCUT2D eigenvalue weighted by atomic mass is 9.92. The molecule has 0 aliphatic heterocycles. The number of benzene rings is 2. The standard InChI is InChI=1S/C19H18Cl2F3NO3S/c1-18(26,19(22,23)24)12-5-8-15(9-6-12)25(14-3-2-4-14)29(27,28)17-11-13(20)7-10-16(17)21/h5-11,14,26H,2-4H2,1H3. The molecule has 1 N–H and O–H groups in total. The maximum Gasteiger partial charge on any atom is 0.421 e. The first-order valence-corrected chi connectivity index (χ1v) is 10.9. The van der Waals surface area contributed by atoms with E-state index in [2.05, 4.69) is 0 Å². The lowest BCUT2D eigenvalue weighted by molar-refractivity contribution is -0.258. The molecule has 1 unspecified atom stereocenters. The predicted octanol–water partition coefficient (Wildman–Crippen LogP) is 5.51. The highest BCUT2D eigenvalue weighted by atomic mass is 35.5. The maximum atomic E-state index is 13.3. The van der Waals surface area contributed by atoms with Crippen molar-refractivity contribution in [3.05, 3.63) is 58.1 Å². The van der Waals surface area contributed by atoms with Gasteiger partial charge in [-0.2, -0.15) is 13.2 Å². The fraction of sp³-hybridized carbons (Fsp3) is 0.368. The zero-order valence-electron chi connectivity index (χ0n) is 15.2. The van der Waals surface area contributed by atoms with Crippen LogP contribution >= 0.6 is 23.2 Å². The fourth-order valence-corrected chi connectivity index (χ4v) is 5.50. The van der Waals surface area contributed by atoms with Gasteiger partial charge in [0.05, 0.1) is 10.7 Å². The van der Waals surface area contributed by atoms with Crippen molar-refractivity contribution >= 4 is 38.9 Å². The first kappa shape index (κ1) is 22.2. The zero-order chi connectivity index (χ0) is 21.6. The van der Waals surface area contributed by atoms with E-state index in [9.17, 15) is 26.7 Å². The highest BCUT2D eigenvalue weighted by Gasteiger charge is 2.51. The van der Waals surface area contributed by atoms with Crippen LogP contribution in [0.2, 0.25) is 10.0 Å². The topological polar surface area (TPSA) is 57.6 Å². The Bertz CT molecular complexity index is 1000. The summed E-state index contributed by atoms with van der Waals surface area (Å²) in [5.74, 6) is 0. The first-order valence-electron chi connectivity index (χ1n) is 8.75. The third kappa shape index (κ3) is 4.08. The first-order chi connectivity index (χ1) is 13.4. The maximum absolute atomic E-state index is 13.3. The number of aliphatic hydroxyl groups is 1. The van der Waals surface area contributed by atoms with Gasteiger partial charge in [-0.05, 0) is 62.1 Å². The summed E-state index contributed by atoms with van der Waals surface area (Å²) in [4.78, 5) is -0.176. The minimum absolute atomic E-state index is 0.00431. The highest BCUT2D eigenvalue weighted by molar-refractivity contribution is 7.93. The van der Waals surface area contributed by atoms with Crippen LogP contribution < -0.4 is 4.31 Å². The lowest BCUT2D eigenvalue weighted by Gasteiger charge is -2.38. The van der Waals surface area contributed by atoms with E-state index in [1.54, 1.807) is 0 Å². The number of nitrogens with zero attached hydrogens (tertiary/aromatic N) is 1. The molecule has 0 heterocycles. The average Bonchev–Trinajstić information content (AvgIpc) is 2.59. The summed E-state index contributed by atoms with van der Waals surface area (Å²) in [7, 11) is -4.11. The van der Waals surface area contributed by atoms with E-state index in [-0.39, 0.29) is 32.2 Å². The molecule has 29 heavy (non-hydrogen) atoms. The van der Waals surface area contributed by atoms with Crippen molar-refractivity contribution in [1.29, 1.82) is 0 Å². The van der Waals surface area contributed by atoms with Crippen LogP contribution in [-0.2, 0) is 15.6 Å². The quantitative estimate of drug-likeness (QED) is 0.630. The van der Waals surface area contributed by atoms with Crippen molar-refractivity contribution in [2.24, 2.45) is 0 Å². The van der Waals surface area contributed by atoms with Crippen LogP contribution in [0.25, 0.3) is 0 Å². The van der Waals surface area contributed by atoms with Crippen LogP contribution in [0.5, 0.6) is 0 Å². The monoisotopic (exact) mass is 467 g/mol. The second-order valence-corrected chi connectivity index (χ2v) is 9.70. The van der Waals surface area contributed by atoms with Crippen LogP contribution in [0.3, 0.4) is 0 Å². The number of halogens is 5. The molecule has 1 aliphatic carbocycles. The minimum atomic E-state index is -4.87. The van der Waals surface area contributed by atoms with Crippen molar-refractivity contribution in [3.8, 4) is 0 Å². The van der Waals surface area contributed by atoms with Crippen LogP contribution in [-0.4, -0.2) is 25.7 Å². The van der Waals surface area contributed by atoms with E-state index in [4.69, 9.17) is 23.2 Å². The number of sulfonamides is 1. The second-order valence-electron chi connectivity index (χ2n) is 7.08. The smallest absolute Gasteiger partial charge is 0.376 e. The number of alkyl halides is 3. The Hall–Kier alpha value is -1.48. The molecule has 2 aromatic rings. The molecule has 0 bridgehead atoms. The van der Waals surface area contributed by atoms with E-state index in [0.717, 1.165) is 18.6 Å². The van der Waals surface area contributed by atoms with Gasteiger partial charge in [-0.1, -0.05) is 35.3 Å². The summed E-state index contributed by atoms with van der Waals surface area (Å²) in [6.07, 6.45) is -2.82. The van der Waals surface area contributed by atoms with E-state index in [1.165, 1.54) is 34.6 Å². The van der Waals surface area contributed by atoms with Gasteiger partial charge < -0.3 is 5.11 Å². The Balaban J connectivity index is 2.06. The molecule has 0 radical (unpaired) electrons. The fourth-order valence-electron chi connectivity index (χ4n) is 3.04. The molecule has 3 rings (SSSR count). The molecule has 1 atom stereocenters. The van der Waals surface area contributed by atoms with Gasteiger partial charge in [0.1, 0.15) is 4.90 Å². The molecule has 158 valence electrons. The van der Waals surface area contributed by atoms with E-state index >= 15 is 0 Å². The second kappa shape index (κ2) is 7.65. The normalized spacial score (nSPS) is 17.5. The number of hydrogen-bond donors (Lipinski definition) is 1. The zero-order valence-corrected chi connectivity index (χ0v) is 17.6. The van der Waals surface area contributed by atoms with Gasteiger partial charge in [-0.15, -0.1) is 0 Å². The van der Waals surface area contributed by atoms with Crippen molar-refractivity contribution in [2.75, 3.05) is 4.31 Å². The average molecular weight is 468 g/mol. The van der Waals surface area contributed by atoms with Crippen LogP contribution in [0.1, 0.15) is 31.7 Å². The molecule has 10 heteroatoms. The molecule has 1 fully saturated rings. The van der Waals surface area contributed by atoms with Crippen molar-refractivity contribution in [2.45, 2.75) is 48.9 Å². The molecule has 1 aliphatic rings. The Morgan fingerprint density at radius 2 is 1.66 bits per heavy atom. The molecule has 0 aromatic heterocycles. The third-order valence-corrected chi connectivity index (χ3v) is 7.67. The Kier molecular flexibility index (Phi) is 5.86. The molecule has 0 spiro atoms. The third-order valence-electron chi connectivity index (χ3n) is 5.07. The summed E-state index contributed by atoms with van der Waals surface area (Å²) in [5, 5.41) is 10.0. The molecule has 1 saturated carbocycles. The Labute approximate surface area is 176 Å². The summed E-state index contributed by atoms with van der Waals surface area (Å²) >= 11 is 12.0. The summed E-state index contributed by atoms with van der Waals surface area (Å²) < 4.78 is 67.1. The van der Waals surface area contributed by atoms with Gasteiger partial charge in [0, 0.05) is 11.1 Å². The van der Waals surface area contributed by atoms with Gasteiger partial charge in [-0.3, -0.25) is 4.31 Å². The van der Waals surface area contributed by atoms with Crippen LogP contribution in [0.4, 0.5) is 18.9 Å². The minimum Gasteiger partial charge on any atom is -0.376 e. The molecular weight excluding hydrogens is 450 g/mol. The number of rotatable bonds is 5. The van der Waals surface area contributed by atoms with E-state index in [0.29, 0.717) is 19.8 Å². The van der Waals surface area contributed by atoms with Crippen molar-refractivity contribution < 1.29 is 26.7 Å². The summed E-state index contributed by atoms with van der Waals surface area (Å²) in [5.41, 5.74) is -3.25. The molecule has 0 saturated heterocycles. The summed E-state index contributed by atoms with van der Waals surface area (Å²) in [6, 6.07) is 8.39. The SMILES string of the molecule is CC(O)(c1ccc(N(C2CCC2)S(=O)(=O)c2cc(Cl)ccc2Cl)cc1)C(F)(F)F. The molecule has 2 aromatic carbocycles. The Morgan fingerprint density at radius 3 is 2.14 bits per heavy atom. The number of hydrogen-bond acceptors (Lipinski definition) is 3. The van der Waals surface area contributed by atoms with Gasteiger partial charge in [0.15, 0.2) is 5.60 Å². The van der Waals surface area contributed by atoms with Crippen molar-refractivity contribution in [1.82, 2.24) is 0 Å². The molecule has 4 nitrogen and oxygen atoms in total. The van der Waals surface area contributed by atoms with Gasteiger partial charge in [0.2, 0.25) is 0 Å². The van der Waals surface area contributed by atoms with Gasteiger partial charge in [0.25, 0.3) is 10.0 Å². The van der Waals surface area contributed by atoms with E-state index < -0.39 is 21.8 Å². The van der Waals surface area contributed by atoms with Gasteiger partial charge in [-0.25, -0.2) is 8.42 Å². The van der Waals surface area contributed by atoms with Gasteiger partial charge >= 0.3 is 6.18 Å². The van der Waals surface area contributed by atoms with Crippen LogP contribution in [0.15, 0.2) is 47.4 Å². The lowest BCUT2D eigenvalue weighted by Crippen LogP contribution is -2.44. The molecular formula is C19H18Cl2F3NO3S. The Morgan fingerprint density at radius 1 is 1.07 bits per heavy atom. The predicted molar refractivity (Wildman–Crippen MR) is 106 cm³/mol. The van der Waals surface area contributed by atoms with Crippen molar-refractivity contribution in [3.63, 3.8) is 0 Å². The highest BCUT2D eigenvalue weighted by Crippen LogP contribution is 2.41.